The summed E-state index contributed by atoms with van der Waals surface area (Å²) in [7, 11) is 0. The van der Waals surface area contributed by atoms with Gasteiger partial charge in [-0.15, -0.1) is 0 Å². The molecule has 22 heavy (non-hydrogen) atoms. The van der Waals surface area contributed by atoms with E-state index < -0.39 is 17.3 Å². The minimum Gasteiger partial charge on any atom is -0.486 e. The van der Waals surface area contributed by atoms with Crippen molar-refractivity contribution >= 4 is 17.6 Å². The van der Waals surface area contributed by atoms with Crippen molar-refractivity contribution in [1.82, 2.24) is 9.97 Å². The normalized spacial score (nSPS) is 10.5. The van der Waals surface area contributed by atoms with Gasteiger partial charge in [0.25, 0.3) is 5.56 Å². The molecule has 0 spiro atoms. The molecule has 0 bridgehead atoms. The van der Waals surface area contributed by atoms with Crippen LogP contribution in [0.3, 0.4) is 0 Å². The van der Waals surface area contributed by atoms with Crippen LogP contribution in [-0.2, 0) is 17.8 Å². The molecular formula is C14H12ClFN2O4. The van der Waals surface area contributed by atoms with E-state index in [1.807, 2.05) is 0 Å². The first-order chi connectivity index (χ1) is 10.5. The van der Waals surface area contributed by atoms with Crippen molar-refractivity contribution in [3.8, 4) is 5.75 Å². The molecule has 6 nitrogen and oxygen atoms in total. The van der Waals surface area contributed by atoms with E-state index >= 15 is 0 Å². The van der Waals surface area contributed by atoms with Crippen LogP contribution in [0.2, 0.25) is 5.02 Å². The fraction of sp³-hybridized carbons (Fsp3) is 0.214. The van der Waals surface area contributed by atoms with Crippen molar-refractivity contribution in [2.75, 3.05) is 0 Å². The molecule has 0 saturated heterocycles. The number of halogens is 2. The van der Waals surface area contributed by atoms with Gasteiger partial charge in [0.05, 0.1) is 5.02 Å². The molecule has 116 valence electrons. The first-order valence-corrected chi connectivity index (χ1v) is 6.70. The third kappa shape index (κ3) is 4.29. The minimum absolute atomic E-state index is 0.0313. The van der Waals surface area contributed by atoms with Gasteiger partial charge in [0.2, 0.25) is 0 Å². The first kappa shape index (κ1) is 16.0. The molecular weight excluding hydrogens is 315 g/mol. The van der Waals surface area contributed by atoms with E-state index in [1.54, 1.807) is 0 Å². The largest absolute Gasteiger partial charge is 0.486 e. The van der Waals surface area contributed by atoms with Crippen LogP contribution in [0.4, 0.5) is 4.39 Å². The van der Waals surface area contributed by atoms with E-state index in [0.29, 0.717) is 5.75 Å². The summed E-state index contributed by atoms with van der Waals surface area (Å²) in [4.78, 5) is 28.7. The van der Waals surface area contributed by atoms with Gasteiger partial charge in [-0.05, 0) is 18.6 Å². The lowest BCUT2D eigenvalue weighted by atomic mass is 10.2. The van der Waals surface area contributed by atoms with Crippen LogP contribution in [0, 0.1) is 5.82 Å². The molecule has 1 aromatic carbocycles. The zero-order valence-corrected chi connectivity index (χ0v) is 12.1. The molecule has 0 fully saturated rings. The number of aromatic amines is 1. The summed E-state index contributed by atoms with van der Waals surface area (Å²) in [5.74, 6) is -0.933. The van der Waals surface area contributed by atoms with Crippen molar-refractivity contribution < 1.29 is 19.0 Å². The zero-order valence-electron chi connectivity index (χ0n) is 11.3. The molecule has 0 amide bonds. The smallest absolute Gasteiger partial charge is 0.303 e. The number of carboxylic acids is 1. The highest BCUT2D eigenvalue weighted by Gasteiger charge is 2.07. The average Bonchev–Trinajstić information content (AvgIpc) is 2.47. The maximum atomic E-state index is 13.0. The molecule has 0 aliphatic rings. The Hall–Kier alpha value is -2.41. The standard InChI is InChI=1S/C14H12ClFN2O4/c15-10-5-9(2-3-11(10)16)22-7-12-17-6-8(14(21)18-12)1-4-13(19)20/h2-3,5-6H,1,4,7H2,(H,19,20)(H,17,18,21). The zero-order chi connectivity index (χ0) is 16.1. The van der Waals surface area contributed by atoms with Crippen molar-refractivity contribution in [3.05, 3.63) is 57.0 Å². The van der Waals surface area contributed by atoms with Gasteiger partial charge >= 0.3 is 5.97 Å². The Labute approximate surface area is 129 Å². The van der Waals surface area contributed by atoms with Gasteiger partial charge in [0.15, 0.2) is 0 Å². The summed E-state index contributed by atoms with van der Waals surface area (Å²) < 4.78 is 18.3. The molecule has 2 rings (SSSR count). The number of aryl methyl sites for hydroxylation is 1. The quantitative estimate of drug-likeness (QED) is 0.848. The highest BCUT2D eigenvalue weighted by atomic mass is 35.5. The number of H-pyrrole nitrogens is 1. The maximum absolute atomic E-state index is 13.0. The van der Waals surface area contributed by atoms with Crippen molar-refractivity contribution in [2.24, 2.45) is 0 Å². The topological polar surface area (TPSA) is 92.3 Å². The number of carbonyl (C=O) groups is 1. The molecule has 2 aromatic rings. The lowest BCUT2D eigenvalue weighted by molar-refractivity contribution is -0.136. The van der Waals surface area contributed by atoms with Crippen molar-refractivity contribution in [3.63, 3.8) is 0 Å². The van der Waals surface area contributed by atoms with Gasteiger partial charge in [-0.3, -0.25) is 9.59 Å². The number of benzene rings is 1. The van der Waals surface area contributed by atoms with E-state index in [4.69, 9.17) is 21.4 Å². The van der Waals surface area contributed by atoms with Crippen LogP contribution in [-0.4, -0.2) is 21.0 Å². The molecule has 0 saturated carbocycles. The van der Waals surface area contributed by atoms with Gasteiger partial charge < -0.3 is 14.8 Å². The number of ether oxygens (including phenoxy) is 1. The molecule has 8 heteroatoms. The summed E-state index contributed by atoms with van der Waals surface area (Å²) >= 11 is 5.63. The Morgan fingerprint density at radius 3 is 2.86 bits per heavy atom. The molecule has 0 unspecified atom stereocenters. The lowest BCUT2D eigenvalue weighted by Crippen LogP contribution is -2.18. The van der Waals surface area contributed by atoms with E-state index in [9.17, 15) is 14.0 Å². The second-order valence-corrected chi connectivity index (χ2v) is 4.85. The lowest BCUT2D eigenvalue weighted by Gasteiger charge is -2.07. The number of rotatable bonds is 6. The van der Waals surface area contributed by atoms with Crippen LogP contribution < -0.4 is 10.3 Å². The molecule has 0 atom stereocenters. The number of nitrogens with one attached hydrogen (secondary N) is 1. The summed E-state index contributed by atoms with van der Waals surface area (Å²) in [5.41, 5.74) is -0.122. The Kier molecular flexibility index (Phi) is 5.11. The SMILES string of the molecule is O=C(O)CCc1cnc(COc2ccc(F)c(Cl)c2)[nH]c1=O. The third-order valence-corrected chi connectivity index (χ3v) is 3.09. The van der Waals surface area contributed by atoms with Crippen LogP contribution in [0.15, 0.2) is 29.2 Å². The highest BCUT2D eigenvalue weighted by molar-refractivity contribution is 6.30. The average molecular weight is 327 g/mol. The van der Waals surface area contributed by atoms with Crippen LogP contribution in [0.1, 0.15) is 17.8 Å². The molecule has 0 aliphatic carbocycles. The highest BCUT2D eigenvalue weighted by Crippen LogP contribution is 2.21. The van der Waals surface area contributed by atoms with Crippen molar-refractivity contribution in [1.29, 1.82) is 0 Å². The van der Waals surface area contributed by atoms with E-state index in [-0.39, 0.29) is 35.9 Å². The number of aromatic nitrogens is 2. The number of hydrogen-bond donors (Lipinski definition) is 2. The molecule has 0 radical (unpaired) electrons. The monoisotopic (exact) mass is 326 g/mol. The van der Waals surface area contributed by atoms with Crippen LogP contribution in [0.25, 0.3) is 0 Å². The fourth-order valence-electron chi connectivity index (χ4n) is 1.67. The number of nitrogens with zero attached hydrogens (tertiary/aromatic N) is 1. The van der Waals surface area contributed by atoms with E-state index in [1.165, 1.54) is 24.4 Å². The summed E-state index contributed by atoms with van der Waals surface area (Å²) in [6.45, 7) is -0.0313. The van der Waals surface area contributed by atoms with Gasteiger partial charge in [0, 0.05) is 24.2 Å². The molecule has 0 aliphatic heterocycles. The second kappa shape index (κ2) is 7.04. The fourth-order valence-corrected chi connectivity index (χ4v) is 1.84. The van der Waals surface area contributed by atoms with Gasteiger partial charge in [-0.2, -0.15) is 0 Å². The van der Waals surface area contributed by atoms with Crippen LogP contribution in [0.5, 0.6) is 5.75 Å². The number of hydrogen-bond acceptors (Lipinski definition) is 4. The van der Waals surface area contributed by atoms with Crippen LogP contribution >= 0.6 is 11.6 Å². The Bertz CT molecular complexity index is 748. The maximum Gasteiger partial charge on any atom is 0.303 e. The minimum atomic E-state index is -0.986. The second-order valence-electron chi connectivity index (χ2n) is 4.44. The predicted molar refractivity (Wildman–Crippen MR) is 76.6 cm³/mol. The molecule has 1 aromatic heterocycles. The third-order valence-electron chi connectivity index (χ3n) is 2.80. The Morgan fingerprint density at radius 2 is 2.23 bits per heavy atom. The van der Waals surface area contributed by atoms with Gasteiger partial charge in [-0.1, -0.05) is 11.6 Å². The summed E-state index contributed by atoms with van der Waals surface area (Å²) in [5, 5.41) is 8.52. The van der Waals surface area contributed by atoms with Gasteiger partial charge in [-0.25, -0.2) is 9.37 Å². The summed E-state index contributed by atoms with van der Waals surface area (Å²) in [6.07, 6.45) is 1.28. The number of aliphatic carboxylic acids is 1. The predicted octanol–water partition coefficient (Wildman–Crippen LogP) is 2.16. The van der Waals surface area contributed by atoms with E-state index in [2.05, 4.69) is 9.97 Å². The molecule has 2 N–H and O–H groups in total. The van der Waals surface area contributed by atoms with Gasteiger partial charge in [0.1, 0.15) is 24.0 Å². The van der Waals surface area contributed by atoms with Crippen molar-refractivity contribution in [2.45, 2.75) is 19.4 Å². The van der Waals surface area contributed by atoms with E-state index in [0.717, 1.165) is 0 Å². The number of carboxylic acid groups (broad SMARTS) is 1. The summed E-state index contributed by atoms with van der Waals surface area (Å²) in [6, 6.07) is 3.89. The first-order valence-electron chi connectivity index (χ1n) is 6.32. The Morgan fingerprint density at radius 1 is 1.45 bits per heavy atom. The Balaban J connectivity index is 2.01. The molecule has 1 heterocycles.